The summed E-state index contributed by atoms with van der Waals surface area (Å²) in [5.41, 5.74) is 16.6. The van der Waals surface area contributed by atoms with E-state index in [9.17, 15) is 0 Å². The zero-order valence-electron chi connectivity index (χ0n) is 49.7. The highest BCUT2D eigenvalue weighted by Gasteiger charge is 2.25. The number of hydrogen-bond donors (Lipinski definition) is 1. The van der Waals surface area contributed by atoms with Crippen molar-refractivity contribution >= 4 is 170 Å². The smallest absolute Gasteiger partial charge is 0.535 e. The maximum atomic E-state index is 9.10. The monoisotopic (exact) mass is 1270 g/mol. The van der Waals surface area contributed by atoms with Gasteiger partial charge in [0.25, 0.3) is 0 Å². The number of hydrogen-bond acceptors (Lipinski definition) is 10. The zero-order valence-corrected chi connectivity index (χ0v) is 52.1. The molecule has 14 heteroatoms. The Bertz CT molecular complexity index is 6350. The van der Waals surface area contributed by atoms with Crippen LogP contribution < -0.4 is 4.65 Å². The van der Waals surface area contributed by atoms with Crippen LogP contribution in [0.4, 0.5) is 0 Å². The van der Waals surface area contributed by atoms with Crippen LogP contribution in [0.25, 0.3) is 173 Å². The maximum absolute atomic E-state index is 9.10. The van der Waals surface area contributed by atoms with E-state index >= 15 is 0 Å². The highest BCUT2D eigenvalue weighted by atomic mass is 35.5. The van der Waals surface area contributed by atoms with Crippen molar-refractivity contribution in [3.05, 3.63) is 284 Å². The van der Waals surface area contributed by atoms with Crippen molar-refractivity contribution in [1.29, 1.82) is 0 Å². The average Bonchev–Trinajstić information content (AvgIpc) is 1.57. The van der Waals surface area contributed by atoms with Gasteiger partial charge < -0.3 is 27.6 Å². The first-order valence-electron chi connectivity index (χ1n) is 30.7. The van der Waals surface area contributed by atoms with Crippen molar-refractivity contribution < 1.29 is 18.5 Å². The summed E-state index contributed by atoms with van der Waals surface area (Å²) in [6.45, 7) is 0. The Kier molecular flexibility index (Phi) is 13.4. The number of nitrogens with zero attached hydrogens (tertiary/aromatic N) is 6. The van der Waals surface area contributed by atoms with Crippen LogP contribution >= 0.6 is 34.3 Å². The third-order valence-corrected chi connectivity index (χ3v) is 20.0. The van der Waals surface area contributed by atoms with Gasteiger partial charge in [-0.2, -0.15) is 0 Å². The predicted octanol–water partition coefficient (Wildman–Crippen LogP) is 21.9. The second kappa shape index (κ2) is 22.7. The van der Waals surface area contributed by atoms with Gasteiger partial charge in [0.15, 0.2) is 11.4 Å². The van der Waals surface area contributed by atoms with E-state index in [4.69, 9.17) is 40.1 Å². The van der Waals surface area contributed by atoms with E-state index < -0.39 is 0 Å². The molecule has 0 unspecified atom stereocenters. The van der Waals surface area contributed by atoms with Gasteiger partial charge in [0.1, 0.15) is 22.5 Å². The molecule has 1 radical (unpaired) electrons. The van der Waals surface area contributed by atoms with Crippen LogP contribution in [0, 0.1) is 0 Å². The minimum atomic E-state index is 0.292. The zero-order chi connectivity index (χ0) is 62.4. The summed E-state index contributed by atoms with van der Waals surface area (Å²) in [4.78, 5) is 19.3. The molecule has 0 bridgehead atoms. The summed E-state index contributed by atoms with van der Waals surface area (Å²) in [6, 6.07) is 95.6. The van der Waals surface area contributed by atoms with Crippen LogP contribution in [-0.4, -0.2) is 41.8 Å². The molecule has 443 valence electrons. The van der Waals surface area contributed by atoms with Crippen LogP contribution in [0.1, 0.15) is 0 Å². The van der Waals surface area contributed by atoms with Gasteiger partial charge in [-0.15, -0.1) is 22.7 Å². The normalized spacial score (nSPS) is 11.7. The van der Waals surface area contributed by atoms with E-state index in [2.05, 4.69) is 207 Å². The number of benzene rings is 12. The highest BCUT2D eigenvalue weighted by molar-refractivity contribution is 7.26. The minimum Gasteiger partial charge on any atom is -0.535 e. The van der Waals surface area contributed by atoms with Crippen LogP contribution in [-0.2, 0) is 0 Å². The molecule has 1 N–H and O–H groups in total. The van der Waals surface area contributed by atoms with Crippen LogP contribution in [0.3, 0.4) is 0 Å². The molecule has 20 aromatic rings. The average molecular weight is 1270 g/mol. The fourth-order valence-corrected chi connectivity index (χ4v) is 16.0. The first kappa shape index (κ1) is 55.4. The molecule has 94 heavy (non-hydrogen) atoms. The lowest BCUT2D eigenvalue weighted by Gasteiger charge is -2.07. The Morgan fingerprint density at radius 2 is 0.787 bits per heavy atom. The number of halogens is 1. The second-order valence-corrected chi connectivity index (χ2v) is 25.3. The van der Waals surface area contributed by atoms with E-state index in [1.54, 1.807) is 28.7 Å². The van der Waals surface area contributed by atoms with Gasteiger partial charge in [0, 0.05) is 75.0 Å². The number of thiophene rings is 2. The third kappa shape index (κ3) is 9.03. The summed E-state index contributed by atoms with van der Waals surface area (Å²) in [6.07, 6.45) is 0. The van der Waals surface area contributed by atoms with E-state index in [0.29, 0.717) is 30.1 Å². The van der Waals surface area contributed by atoms with Gasteiger partial charge in [-0.1, -0.05) is 194 Å². The molecule has 0 aliphatic heterocycles. The van der Waals surface area contributed by atoms with E-state index in [1.807, 2.05) is 84.9 Å². The largest absolute Gasteiger partial charge is 0.569 e. The quantitative estimate of drug-likeness (QED) is 0.124. The Hall–Kier alpha value is -11.4. The molecular formula is C80H47BClN6O4S2. The second-order valence-electron chi connectivity index (χ2n) is 22.8. The van der Waals surface area contributed by atoms with Crippen LogP contribution in [0.15, 0.2) is 288 Å². The summed E-state index contributed by atoms with van der Waals surface area (Å²) in [7, 11) is 0.679. The topological polar surface area (TPSA) is 117 Å². The fourth-order valence-electron chi connectivity index (χ4n) is 13.5. The summed E-state index contributed by atoms with van der Waals surface area (Å²) in [5.74, 6) is 1.15. The third-order valence-electron chi connectivity index (χ3n) is 17.5. The van der Waals surface area contributed by atoms with Crippen molar-refractivity contribution in [3.63, 3.8) is 0 Å². The first-order chi connectivity index (χ1) is 46.5. The van der Waals surface area contributed by atoms with E-state index in [-0.39, 0.29) is 0 Å². The molecule has 20 rings (SSSR count). The maximum Gasteiger partial charge on any atom is 0.569 e. The molecule has 0 saturated heterocycles. The summed E-state index contributed by atoms with van der Waals surface area (Å²) < 4.78 is 27.7. The molecule has 12 aromatic carbocycles. The summed E-state index contributed by atoms with van der Waals surface area (Å²) in [5, 5.41) is 20.3. The molecule has 0 fully saturated rings. The molecule has 0 amide bonds. The van der Waals surface area contributed by atoms with Crippen molar-refractivity contribution in [2.75, 3.05) is 0 Å². The van der Waals surface area contributed by atoms with E-state index in [1.165, 1.54) is 9.40 Å². The van der Waals surface area contributed by atoms with Crippen molar-refractivity contribution in [2.45, 2.75) is 0 Å². The minimum absolute atomic E-state index is 0.292. The number of para-hydroxylation sites is 6. The molecule has 8 aromatic heterocycles. The lowest BCUT2D eigenvalue weighted by atomic mass is 10.1. The molecule has 0 aliphatic carbocycles. The molecule has 0 saturated carbocycles. The fraction of sp³-hybridized carbons (Fsp3) is 0. The standard InChI is InChI=1S/C40H23N3OS.C24H15BNO3.C16H9ClN2S/c1-3-12-24(13-4-1)35-39-36(29-17-8-10-21-33(29)45-39)42-40(41-35)30-19-11-18-26-27-22-23-32-34(38(27)44-37(26)30)28-16-7-9-20-31(28)43(32)25-14-5-2-6-15-25;27-25-29-21-12-6-10-16-17-13-14-20-22(24(17)28-23(16)21)18-9-4-5-11-19(18)26(20)15-7-2-1-3-8-15;17-16-18-13(10-6-2-1-3-7-10)15-14(19-16)11-8-4-5-9-12(11)20-15/h1-23H;1-14,27H;1-9H. The molecule has 0 atom stereocenters. The van der Waals surface area contributed by atoms with Gasteiger partial charge in [-0.05, 0) is 96.5 Å². The van der Waals surface area contributed by atoms with Crippen molar-refractivity contribution in [1.82, 2.24) is 29.1 Å². The number of furan rings is 2. The number of rotatable bonds is 7. The van der Waals surface area contributed by atoms with Gasteiger partial charge in [0.2, 0.25) is 5.28 Å². The van der Waals surface area contributed by atoms with Crippen LogP contribution in [0.2, 0.25) is 5.28 Å². The Morgan fingerprint density at radius 3 is 1.33 bits per heavy atom. The lowest BCUT2D eigenvalue weighted by Crippen LogP contribution is -1.99. The van der Waals surface area contributed by atoms with Crippen molar-refractivity contribution in [3.8, 4) is 51.0 Å². The van der Waals surface area contributed by atoms with E-state index in [0.717, 1.165) is 153 Å². The Balaban J connectivity index is 0.000000113. The molecular weight excluding hydrogens is 1220 g/mol. The molecule has 8 heterocycles. The highest BCUT2D eigenvalue weighted by Crippen LogP contribution is 2.47. The lowest BCUT2D eigenvalue weighted by molar-refractivity contribution is 0.451. The summed E-state index contributed by atoms with van der Waals surface area (Å²) >= 11 is 9.57. The number of fused-ring (bicyclic) bond motifs is 20. The SMILES string of the molecule is Clc1nc(-c2ccccc2)c2sc3ccccc3c2n1.O[B]Oc1cccc2c1oc1c2ccc2c1c1ccccc1n2-c1ccccc1.c1ccc(-c2nc(-c3cccc4c3oc3c4ccc4c3c3ccccc3n4-c3ccccc3)nc3c2sc2ccccc23)cc1. The van der Waals surface area contributed by atoms with Gasteiger partial charge >= 0.3 is 7.69 Å². The van der Waals surface area contributed by atoms with Gasteiger partial charge in [-0.3, -0.25) is 0 Å². The molecule has 10 nitrogen and oxygen atoms in total. The Labute approximate surface area is 549 Å². The van der Waals surface area contributed by atoms with Gasteiger partial charge in [-0.25, -0.2) is 19.9 Å². The molecule has 0 spiro atoms. The first-order valence-corrected chi connectivity index (χ1v) is 32.7. The van der Waals surface area contributed by atoms with Crippen LogP contribution in [0.5, 0.6) is 5.75 Å². The molecule has 0 aliphatic rings. The van der Waals surface area contributed by atoms with Crippen molar-refractivity contribution in [2.24, 2.45) is 0 Å². The predicted molar refractivity (Wildman–Crippen MR) is 389 cm³/mol. The van der Waals surface area contributed by atoms with Gasteiger partial charge in [0.05, 0.1) is 70.2 Å². The Morgan fingerprint density at radius 1 is 0.362 bits per heavy atom. The number of aromatic nitrogens is 6.